The molecule has 0 unspecified atom stereocenters. The molecular formula is C25H34BrN3O5S. The summed E-state index contributed by atoms with van der Waals surface area (Å²) in [6, 6.07) is 13.2. The molecule has 10 heteroatoms. The zero-order valence-corrected chi connectivity index (χ0v) is 23.1. The third kappa shape index (κ3) is 8.54. The van der Waals surface area contributed by atoms with Crippen LogP contribution in [0.1, 0.15) is 38.7 Å². The molecule has 192 valence electrons. The van der Waals surface area contributed by atoms with Crippen LogP contribution < -0.4 is 14.4 Å². The van der Waals surface area contributed by atoms with Gasteiger partial charge in [-0.2, -0.15) is 0 Å². The summed E-state index contributed by atoms with van der Waals surface area (Å²) >= 11 is 3.35. The van der Waals surface area contributed by atoms with Crippen LogP contribution in [0, 0.1) is 0 Å². The highest BCUT2D eigenvalue weighted by Gasteiger charge is 2.31. The molecule has 2 rings (SSSR count). The number of benzene rings is 2. The van der Waals surface area contributed by atoms with E-state index in [-0.39, 0.29) is 12.5 Å². The Morgan fingerprint density at radius 2 is 1.83 bits per heavy atom. The maximum atomic E-state index is 13.6. The van der Waals surface area contributed by atoms with Crippen LogP contribution in [0.2, 0.25) is 0 Å². The first-order valence-electron chi connectivity index (χ1n) is 11.5. The van der Waals surface area contributed by atoms with Crippen LogP contribution in [0.25, 0.3) is 0 Å². The molecule has 0 heterocycles. The minimum absolute atomic E-state index is 0.131. The molecule has 0 fully saturated rings. The number of methoxy groups -OCH3 is 1. The van der Waals surface area contributed by atoms with E-state index in [1.54, 1.807) is 43.5 Å². The molecule has 1 N–H and O–H groups in total. The second kappa shape index (κ2) is 13.5. The van der Waals surface area contributed by atoms with Crippen molar-refractivity contribution in [1.29, 1.82) is 0 Å². The molecule has 0 aliphatic heterocycles. The van der Waals surface area contributed by atoms with Crippen molar-refractivity contribution in [3.05, 3.63) is 58.6 Å². The molecular weight excluding hydrogens is 534 g/mol. The van der Waals surface area contributed by atoms with Crippen LogP contribution in [0.3, 0.4) is 0 Å². The van der Waals surface area contributed by atoms with Gasteiger partial charge in [0.15, 0.2) is 0 Å². The van der Waals surface area contributed by atoms with Crippen molar-refractivity contribution in [2.45, 2.75) is 45.7 Å². The molecule has 2 aromatic rings. The average Bonchev–Trinajstić information content (AvgIpc) is 2.81. The van der Waals surface area contributed by atoms with E-state index in [2.05, 4.69) is 21.2 Å². The molecule has 0 aromatic heterocycles. The maximum Gasteiger partial charge on any atom is 0.244 e. The highest BCUT2D eigenvalue weighted by atomic mass is 79.9. The number of carbonyl (C=O) groups is 2. The van der Waals surface area contributed by atoms with Gasteiger partial charge in [-0.3, -0.25) is 13.9 Å². The van der Waals surface area contributed by atoms with Gasteiger partial charge in [0.05, 0.1) is 19.1 Å². The standard InChI is InChI=1S/C25H34BrN3O5S/c1-5-7-14-27-25(31)23(6-2)28(17-19-10-8-13-22(15-19)34-3)24(30)18-29(35(4,32)33)21-12-9-11-20(26)16-21/h8-13,15-16,23H,5-7,14,17-18H2,1-4H3,(H,27,31)/t23-/m1/s1. The number of carbonyl (C=O) groups excluding carboxylic acids is 2. The SMILES string of the molecule is CCCCNC(=O)[C@@H](CC)N(Cc1cccc(OC)c1)C(=O)CN(c1cccc(Br)c1)S(C)(=O)=O. The maximum absolute atomic E-state index is 13.6. The lowest BCUT2D eigenvalue weighted by molar-refractivity contribution is -0.140. The summed E-state index contributed by atoms with van der Waals surface area (Å²) in [7, 11) is -2.22. The second-order valence-electron chi connectivity index (χ2n) is 8.19. The summed E-state index contributed by atoms with van der Waals surface area (Å²) in [5, 5.41) is 2.91. The first kappa shape index (κ1) is 28.6. The molecule has 8 nitrogen and oxygen atoms in total. The predicted molar refractivity (Wildman–Crippen MR) is 142 cm³/mol. The summed E-state index contributed by atoms with van der Waals surface area (Å²) in [6.07, 6.45) is 3.20. The molecule has 0 aliphatic carbocycles. The van der Waals surface area contributed by atoms with Crippen molar-refractivity contribution in [2.24, 2.45) is 0 Å². The molecule has 0 saturated carbocycles. The van der Waals surface area contributed by atoms with Crippen LogP contribution in [-0.2, 0) is 26.2 Å². The van der Waals surface area contributed by atoms with E-state index in [0.29, 0.717) is 28.9 Å². The van der Waals surface area contributed by atoms with E-state index in [4.69, 9.17) is 4.74 Å². The van der Waals surface area contributed by atoms with Crippen molar-refractivity contribution < 1.29 is 22.7 Å². The number of sulfonamides is 1. The van der Waals surface area contributed by atoms with Crippen molar-refractivity contribution in [3.63, 3.8) is 0 Å². The second-order valence-corrected chi connectivity index (χ2v) is 11.0. The average molecular weight is 569 g/mol. The lowest BCUT2D eigenvalue weighted by Gasteiger charge is -2.33. The van der Waals surface area contributed by atoms with Gasteiger partial charge in [0.2, 0.25) is 21.8 Å². The molecule has 2 aromatic carbocycles. The van der Waals surface area contributed by atoms with Gasteiger partial charge < -0.3 is 15.0 Å². The Hall–Kier alpha value is -2.59. The minimum atomic E-state index is -3.77. The summed E-state index contributed by atoms with van der Waals surface area (Å²) < 4.78 is 32.3. The van der Waals surface area contributed by atoms with E-state index in [1.165, 1.54) is 4.90 Å². The molecule has 0 aliphatic rings. The number of anilines is 1. The zero-order valence-electron chi connectivity index (χ0n) is 20.7. The van der Waals surface area contributed by atoms with Crippen molar-refractivity contribution >= 4 is 43.5 Å². The predicted octanol–water partition coefficient (Wildman–Crippen LogP) is 3.95. The van der Waals surface area contributed by atoms with Crippen LogP contribution in [0.4, 0.5) is 5.69 Å². The Morgan fingerprint density at radius 1 is 1.11 bits per heavy atom. The fourth-order valence-corrected chi connectivity index (χ4v) is 4.87. The van der Waals surface area contributed by atoms with E-state index in [1.807, 2.05) is 26.0 Å². The third-order valence-corrected chi connectivity index (χ3v) is 7.11. The van der Waals surface area contributed by atoms with E-state index < -0.39 is 28.5 Å². The fourth-order valence-electron chi connectivity index (χ4n) is 3.64. The van der Waals surface area contributed by atoms with Crippen LogP contribution >= 0.6 is 15.9 Å². The first-order chi connectivity index (χ1) is 16.6. The first-order valence-corrected chi connectivity index (χ1v) is 14.2. The summed E-state index contributed by atoms with van der Waals surface area (Å²) in [5.41, 5.74) is 1.13. The summed E-state index contributed by atoms with van der Waals surface area (Å²) in [4.78, 5) is 28.1. The van der Waals surface area contributed by atoms with Crippen LogP contribution in [0.5, 0.6) is 5.75 Å². The molecule has 0 radical (unpaired) electrons. The number of amides is 2. The van der Waals surface area contributed by atoms with Gasteiger partial charge in [-0.05, 0) is 48.7 Å². The van der Waals surface area contributed by atoms with Gasteiger partial charge in [-0.25, -0.2) is 8.42 Å². The van der Waals surface area contributed by atoms with E-state index in [9.17, 15) is 18.0 Å². The summed E-state index contributed by atoms with van der Waals surface area (Å²) in [5.74, 6) is -0.108. The number of halogens is 1. The minimum Gasteiger partial charge on any atom is -0.497 e. The number of unbranched alkanes of at least 4 members (excludes halogenated alkanes) is 1. The number of hydrogen-bond donors (Lipinski definition) is 1. The molecule has 0 saturated heterocycles. The Kier molecular flexibility index (Phi) is 11.0. The van der Waals surface area contributed by atoms with Gasteiger partial charge in [0, 0.05) is 17.6 Å². The number of ether oxygens (including phenoxy) is 1. The van der Waals surface area contributed by atoms with Gasteiger partial charge in [0.25, 0.3) is 0 Å². The van der Waals surface area contributed by atoms with E-state index in [0.717, 1.165) is 29.0 Å². The zero-order chi connectivity index (χ0) is 26.0. The Labute approximate surface area is 216 Å². The topological polar surface area (TPSA) is 96.0 Å². The quantitative estimate of drug-likeness (QED) is 0.370. The number of rotatable bonds is 13. The van der Waals surface area contributed by atoms with Gasteiger partial charge >= 0.3 is 0 Å². The Bertz CT molecular complexity index is 1110. The fraction of sp³-hybridized carbons (Fsp3) is 0.440. The number of nitrogens with zero attached hydrogens (tertiary/aromatic N) is 2. The third-order valence-electron chi connectivity index (χ3n) is 5.48. The molecule has 0 bridgehead atoms. The smallest absolute Gasteiger partial charge is 0.244 e. The van der Waals surface area contributed by atoms with Crippen LogP contribution in [0.15, 0.2) is 53.0 Å². The molecule has 35 heavy (non-hydrogen) atoms. The lowest BCUT2D eigenvalue weighted by Crippen LogP contribution is -2.52. The van der Waals surface area contributed by atoms with Crippen molar-refractivity contribution in [1.82, 2.24) is 10.2 Å². The number of nitrogens with one attached hydrogen (secondary N) is 1. The van der Waals surface area contributed by atoms with Crippen molar-refractivity contribution in [3.8, 4) is 5.75 Å². The molecule has 2 amide bonds. The number of hydrogen-bond acceptors (Lipinski definition) is 5. The highest BCUT2D eigenvalue weighted by Crippen LogP contribution is 2.23. The van der Waals surface area contributed by atoms with E-state index >= 15 is 0 Å². The van der Waals surface area contributed by atoms with Gasteiger partial charge in [-0.1, -0.05) is 54.4 Å². The highest BCUT2D eigenvalue weighted by molar-refractivity contribution is 9.10. The Balaban J connectivity index is 2.42. The van der Waals surface area contributed by atoms with Gasteiger partial charge in [0.1, 0.15) is 18.3 Å². The summed E-state index contributed by atoms with van der Waals surface area (Å²) in [6.45, 7) is 4.08. The Morgan fingerprint density at radius 3 is 2.43 bits per heavy atom. The largest absolute Gasteiger partial charge is 0.497 e. The van der Waals surface area contributed by atoms with Crippen molar-refractivity contribution in [2.75, 3.05) is 30.8 Å². The monoisotopic (exact) mass is 567 g/mol. The molecule has 1 atom stereocenters. The van der Waals surface area contributed by atoms with Gasteiger partial charge in [-0.15, -0.1) is 0 Å². The normalized spacial score (nSPS) is 12.0. The van der Waals surface area contributed by atoms with Crippen LogP contribution in [-0.4, -0.2) is 57.6 Å². The molecule has 0 spiro atoms. The lowest BCUT2D eigenvalue weighted by atomic mass is 10.1.